The minimum atomic E-state index is 0.163. The van der Waals surface area contributed by atoms with Crippen molar-refractivity contribution in [2.45, 2.75) is 13.0 Å². The molecule has 0 aromatic carbocycles. The molecular formula is C15H19N3O. The summed E-state index contributed by atoms with van der Waals surface area (Å²) in [4.78, 5) is 8.35. The predicted octanol–water partition coefficient (Wildman–Crippen LogP) is 1.42. The zero-order valence-corrected chi connectivity index (χ0v) is 10.9. The van der Waals surface area contributed by atoms with E-state index >= 15 is 0 Å². The van der Waals surface area contributed by atoms with Crippen molar-refractivity contribution in [2.75, 3.05) is 13.2 Å². The summed E-state index contributed by atoms with van der Waals surface area (Å²) in [7, 11) is 0. The molecule has 19 heavy (non-hydrogen) atoms. The van der Waals surface area contributed by atoms with Gasteiger partial charge in [-0.3, -0.25) is 9.97 Å². The lowest BCUT2D eigenvalue weighted by Crippen LogP contribution is -2.26. The van der Waals surface area contributed by atoms with Gasteiger partial charge in [-0.05, 0) is 36.1 Å². The molecule has 100 valence electrons. The predicted molar refractivity (Wildman–Crippen MR) is 74.5 cm³/mol. The van der Waals surface area contributed by atoms with Gasteiger partial charge in [-0.2, -0.15) is 0 Å². The number of nitrogens with one attached hydrogen (secondary N) is 1. The molecule has 2 N–H and O–H groups in total. The second kappa shape index (κ2) is 7.61. The first kappa shape index (κ1) is 13.6. The highest BCUT2D eigenvalue weighted by Gasteiger charge is 2.08. The molecule has 2 aromatic heterocycles. The van der Waals surface area contributed by atoms with Crippen LogP contribution in [0.15, 0.2) is 48.9 Å². The van der Waals surface area contributed by atoms with E-state index in [-0.39, 0.29) is 12.5 Å². The SMILES string of the molecule is OCC(CNCc1cccnc1)Cc1ccccn1. The molecule has 0 saturated carbocycles. The molecule has 0 bridgehead atoms. The minimum Gasteiger partial charge on any atom is -0.396 e. The van der Waals surface area contributed by atoms with Crippen LogP contribution in [0.5, 0.6) is 0 Å². The van der Waals surface area contributed by atoms with Gasteiger partial charge in [-0.1, -0.05) is 12.1 Å². The first-order valence-corrected chi connectivity index (χ1v) is 6.49. The van der Waals surface area contributed by atoms with Crippen molar-refractivity contribution in [3.8, 4) is 0 Å². The molecule has 0 saturated heterocycles. The van der Waals surface area contributed by atoms with Crippen LogP contribution in [0.1, 0.15) is 11.3 Å². The normalized spacial score (nSPS) is 12.3. The van der Waals surface area contributed by atoms with Crippen LogP contribution in [0.3, 0.4) is 0 Å². The van der Waals surface area contributed by atoms with Crippen molar-refractivity contribution in [1.82, 2.24) is 15.3 Å². The molecule has 4 heteroatoms. The van der Waals surface area contributed by atoms with Gasteiger partial charge in [0.2, 0.25) is 0 Å². The van der Waals surface area contributed by atoms with Crippen molar-refractivity contribution in [1.29, 1.82) is 0 Å². The Bertz CT molecular complexity index is 461. The van der Waals surface area contributed by atoms with E-state index in [0.29, 0.717) is 0 Å². The average molecular weight is 257 g/mol. The molecule has 1 unspecified atom stereocenters. The summed E-state index contributed by atoms with van der Waals surface area (Å²) in [5.74, 6) is 0.187. The maximum Gasteiger partial charge on any atom is 0.0475 e. The van der Waals surface area contributed by atoms with Gasteiger partial charge in [0, 0.05) is 44.0 Å². The molecule has 0 aliphatic heterocycles. The monoisotopic (exact) mass is 257 g/mol. The summed E-state index contributed by atoms with van der Waals surface area (Å²) in [6.45, 7) is 1.70. The standard InChI is InChI=1S/C15H19N3O/c19-12-14(8-15-5-1-2-7-18-15)11-17-10-13-4-3-6-16-9-13/h1-7,9,14,17,19H,8,10-12H2. The first-order chi connectivity index (χ1) is 9.38. The largest absolute Gasteiger partial charge is 0.396 e. The fraction of sp³-hybridized carbons (Fsp3) is 0.333. The van der Waals surface area contributed by atoms with E-state index in [2.05, 4.69) is 15.3 Å². The van der Waals surface area contributed by atoms with Crippen LogP contribution < -0.4 is 5.32 Å². The molecule has 0 radical (unpaired) electrons. The van der Waals surface area contributed by atoms with Gasteiger partial charge in [-0.15, -0.1) is 0 Å². The van der Waals surface area contributed by atoms with Crippen LogP contribution in [-0.2, 0) is 13.0 Å². The number of pyridine rings is 2. The van der Waals surface area contributed by atoms with Gasteiger partial charge in [-0.25, -0.2) is 0 Å². The molecular weight excluding hydrogens is 238 g/mol. The second-order valence-electron chi connectivity index (χ2n) is 4.57. The van der Waals surface area contributed by atoms with Crippen molar-refractivity contribution in [3.05, 3.63) is 60.2 Å². The molecule has 0 spiro atoms. The Hall–Kier alpha value is -1.78. The Morgan fingerprint density at radius 3 is 2.79 bits per heavy atom. The number of aliphatic hydroxyl groups excluding tert-OH is 1. The van der Waals surface area contributed by atoms with Crippen LogP contribution in [-0.4, -0.2) is 28.2 Å². The maximum absolute atomic E-state index is 9.40. The van der Waals surface area contributed by atoms with E-state index < -0.39 is 0 Å². The number of rotatable bonds is 7. The molecule has 0 aliphatic rings. The van der Waals surface area contributed by atoms with E-state index in [4.69, 9.17) is 0 Å². The highest BCUT2D eigenvalue weighted by Crippen LogP contribution is 2.05. The molecule has 2 rings (SSSR count). The van der Waals surface area contributed by atoms with Crippen molar-refractivity contribution >= 4 is 0 Å². The Morgan fingerprint density at radius 1 is 1.16 bits per heavy atom. The van der Waals surface area contributed by atoms with Crippen LogP contribution in [0.2, 0.25) is 0 Å². The topological polar surface area (TPSA) is 58.0 Å². The van der Waals surface area contributed by atoms with Gasteiger partial charge < -0.3 is 10.4 Å². The highest BCUT2D eigenvalue weighted by atomic mass is 16.3. The summed E-state index contributed by atoms with van der Waals surface area (Å²) in [6.07, 6.45) is 6.19. The number of hydrogen-bond donors (Lipinski definition) is 2. The quantitative estimate of drug-likeness (QED) is 0.787. The van der Waals surface area contributed by atoms with Crippen molar-refractivity contribution < 1.29 is 5.11 Å². The lowest BCUT2D eigenvalue weighted by atomic mass is 10.0. The van der Waals surface area contributed by atoms with Crippen LogP contribution >= 0.6 is 0 Å². The van der Waals surface area contributed by atoms with Crippen molar-refractivity contribution in [3.63, 3.8) is 0 Å². The Balaban J connectivity index is 1.77. The lowest BCUT2D eigenvalue weighted by Gasteiger charge is -2.14. The van der Waals surface area contributed by atoms with Gasteiger partial charge in [0.05, 0.1) is 0 Å². The van der Waals surface area contributed by atoms with Crippen molar-refractivity contribution in [2.24, 2.45) is 5.92 Å². The summed E-state index contributed by atoms with van der Waals surface area (Å²) in [6, 6.07) is 9.82. The smallest absolute Gasteiger partial charge is 0.0475 e. The fourth-order valence-electron chi connectivity index (χ4n) is 1.94. The zero-order chi connectivity index (χ0) is 13.3. The number of nitrogens with zero attached hydrogens (tertiary/aromatic N) is 2. The lowest BCUT2D eigenvalue weighted by molar-refractivity contribution is 0.220. The first-order valence-electron chi connectivity index (χ1n) is 6.49. The highest BCUT2D eigenvalue weighted by molar-refractivity contribution is 5.08. The van der Waals surface area contributed by atoms with Crippen LogP contribution in [0, 0.1) is 5.92 Å². The van der Waals surface area contributed by atoms with Gasteiger partial charge in [0.25, 0.3) is 0 Å². The molecule has 2 aromatic rings. The molecule has 1 atom stereocenters. The number of hydrogen-bond acceptors (Lipinski definition) is 4. The summed E-state index contributed by atoms with van der Waals surface area (Å²) >= 11 is 0. The third-order valence-electron chi connectivity index (χ3n) is 2.97. The second-order valence-corrected chi connectivity index (χ2v) is 4.57. The minimum absolute atomic E-state index is 0.163. The number of aromatic nitrogens is 2. The van der Waals surface area contributed by atoms with E-state index in [0.717, 1.165) is 30.8 Å². The van der Waals surface area contributed by atoms with Crippen LogP contribution in [0.25, 0.3) is 0 Å². The van der Waals surface area contributed by atoms with Gasteiger partial charge in [0.1, 0.15) is 0 Å². The molecule has 2 heterocycles. The molecule has 0 fully saturated rings. The molecule has 0 aliphatic carbocycles. The van der Waals surface area contributed by atoms with Gasteiger partial charge in [0.15, 0.2) is 0 Å². The Morgan fingerprint density at radius 2 is 2.11 bits per heavy atom. The zero-order valence-electron chi connectivity index (χ0n) is 10.9. The third-order valence-corrected chi connectivity index (χ3v) is 2.97. The van der Waals surface area contributed by atoms with E-state index in [9.17, 15) is 5.11 Å². The summed E-state index contributed by atoms with van der Waals surface area (Å²) in [5, 5.41) is 12.7. The maximum atomic E-state index is 9.40. The summed E-state index contributed by atoms with van der Waals surface area (Å²) in [5.41, 5.74) is 2.17. The molecule has 0 amide bonds. The van der Waals surface area contributed by atoms with E-state index in [1.807, 2.05) is 36.5 Å². The van der Waals surface area contributed by atoms with Crippen LogP contribution in [0.4, 0.5) is 0 Å². The number of aliphatic hydroxyl groups is 1. The Labute approximate surface area is 113 Å². The molecule has 4 nitrogen and oxygen atoms in total. The average Bonchev–Trinajstić information content (AvgIpc) is 2.48. The summed E-state index contributed by atoms with van der Waals surface area (Å²) < 4.78 is 0. The van der Waals surface area contributed by atoms with E-state index in [1.165, 1.54) is 0 Å². The fourth-order valence-corrected chi connectivity index (χ4v) is 1.94. The van der Waals surface area contributed by atoms with E-state index in [1.54, 1.807) is 12.4 Å². The van der Waals surface area contributed by atoms with Gasteiger partial charge >= 0.3 is 0 Å². The third kappa shape index (κ3) is 4.77. The Kier molecular flexibility index (Phi) is 5.47.